The number of nitro groups is 1. The van der Waals surface area contributed by atoms with Crippen LogP contribution in [0.5, 0.6) is 0 Å². The minimum Gasteiger partial charge on any atom is -0.289 e. The number of aromatic amines is 1. The molecule has 0 fully saturated rings. The Morgan fingerprint density at radius 1 is 1.05 bits per heavy atom. The topological polar surface area (TPSA) is 136 Å². The maximum Gasteiger partial charge on any atom is 0.301 e. The number of aromatic nitrogens is 3. The van der Waals surface area contributed by atoms with Crippen molar-refractivity contribution >= 4 is 45.8 Å². The van der Waals surface area contributed by atoms with Gasteiger partial charge in [-0.25, -0.2) is 4.98 Å². The van der Waals surface area contributed by atoms with Crippen LogP contribution < -0.4 is 5.56 Å². The van der Waals surface area contributed by atoms with E-state index in [0.717, 1.165) is 5.69 Å². The molecule has 0 unspecified atom stereocenters. The molecule has 0 spiro atoms. The highest BCUT2D eigenvalue weighted by atomic mass is 35.5. The van der Waals surface area contributed by atoms with Crippen molar-refractivity contribution in [2.45, 2.75) is 26.2 Å². The van der Waals surface area contributed by atoms with E-state index in [1.807, 2.05) is 26.2 Å². The number of H-pyrrole nitrogens is 1. The summed E-state index contributed by atoms with van der Waals surface area (Å²) in [6.07, 6.45) is 0. The second-order valence-electron chi connectivity index (χ2n) is 10.1. The summed E-state index contributed by atoms with van der Waals surface area (Å²) in [6.45, 7) is 6.06. The van der Waals surface area contributed by atoms with Crippen LogP contribution in [0.2, 0.25) is 5.02 Å². The van der Waals surface area contributed by atoms with Crippen LogP contribution >= 0.6 is 22.9 Å². The lowest BCUT2D eigenvalue weighted by Gasteiger charge is -2.14. The summed E-state index contributed by atoms with van der Waals surface area (Å²) in [5.41, 5.74) is 1.54. The van der Waals surface area contributed by atoms with Gasteiger partial charge in [-0.15, -0.1) is 21.6 Å². The number of nitro benzene ring substituents is 1. The predicted molar refractivity (Wildman–Crippen MR) is 158 cm³/mol. The molecule has 0 aliphatic carbocycles. The third-order valence-electron chi connectivity index (χ3n) is 6.18. The van der Waals surface area contributed by atoms with E-state index < -0.39 is 10.5 Å². The van der Waals surface area contributed by atoms with Gasteiger partial charge in [0.05, 0.1) is 27.6 Å². The van der Waals surface area contributed by atoms with Crippen LogP contribution in [-0.4, -0.2) is 25.5 Å². The Kier molecular flexibility index (Phi) is 7.48. The zero-order valence-corrected chi connectivity index (χ0v) is 23.7. The lowest BCUT2D eigenvalue weighted by Crippen LogP contribution is -2.16. The van der Waals surface area contributed by atoms with E-state index in [4.69, 9.17) is 11.6 Å². The van der Waals surface area contributed by atoms with Crippen molar-refractivity contribution in [2.24, 2.45) is 10.2 Å². The summed E-state index contributed by atoms with van der Waals surface area (Å²) < 4.78 is 1.27. The zero-order chi connectivity index (χ0) is 29.3. The van der Waals surface area contributed by atoms with E-state index in [-0.39, 0.29) is 39.5 Å². The molecule has 2 heterocycles. The Morgan fingerprint density at radius 2 is 1.76 bits per heavy atom. The monoisotopic (exact) mass is 586 g/mol. The third kappa shape index (κ3) is 5.76. The molecule has 0 aliphatic heterocycles. The number of halogens is 1. The molecule has 0 bridgehead atoms. The van der Waals surface area contributed by atoms with Gasteiger partial charge in [0.15, 0.2) is 11.5 Å². The highest BCUT2D eigenvalue weighted by Crippen LogP contribution is 2.33. The van der Waals surface area contributed by atoms with Gasteiger partial charge < -0.3 is 0 Å². The van der Waals surface area contributed by atoms with Gasteiger partial charge in [-0.2, -0.15) is 4.68 Å². The quantitative estimate of drug-likeness (QED) is 0.0898. The van der Waals surface area contributed by atoms with Gasteiger partial charge in [0.25, 0.3) is 5.69 Å². The normalized spacial score (nSPS) is 11.7. The number of hydrogen-bond acceptors (Lipinski definition) is 8. The fourth-order valence-electron chi connectivity index (χ4n) is 3.94. The number of thiazole rings is 1. The van der Waals surface area contributed by atoms with E-state index in [1.165, 1.54) is 46.4 Å². The van der Waals surface area contributed by atoms with Gasteiger partial charge in [-0.1, -0.05) is 62.7 Å². The van der Waals surface area contributed by atoms with Crippen molar-refractivity contribution in [1.82, 2.24) is 14.8 Å². The van der Waals surface area contributed by atoms with Crippen molar-refractivity contribution in [2.75, 3.05) is 0 Å². The van der Waals surface area contributed by atoms with Gasteiger partial charge in [0.2, 0.25) is 5.13 Å². The van der Waals surface area contributed by atoms with Gasteiger partial charge in [0.1, 0.15) is 0 Å². The first-order valence-electron chi connectivity index (χ1n) is 12.4. The van der Waals surface area contributed by atoms with Crippen LogP contribution in [-0.2, 0) is 5.41 Å². The molecule has 10 nitrogen and oxygen atoms in total. The molecule has 3 aromatic carbocycles. The second kappa shape index (κ2) is 11.0. The maximum atomic E-state index is 13.7. The number of hydrogen-bond donors (Lipinski definition) is 1. The molecule has 0 radical (unpaired) electrons. The fraction of sp³-hybridized carbons (Fsp3) is 0.138. The minimum absolute atomic E-state index is 0.0561. The summed E-state index contributed by atoms with van der Waals surface area (Å²) in [5.74, 6) is -0.304. The van der Waals surface area contributed by atoms with Crippen LogP contribution in [0.1, 0.15) is 42.4 Å². The van der Waals surface area contributed by atoms with E-state index in [0.29, 0.717) is 21.3 Å². The Balaban J connectivity index is 1.63. The van der Waals surface area contributed by atoms with Crippen molar-refractivity contribution in [3.8, 4) is 16.4 Å². The van der Waals surface area contributed by atoms with Gasteiger partial charge >= 0.3 is 5.56 Å². The van der Waals surface area contributed by atoms with Gasteiger partial charge in [0, 0.05) is 39.1 Å². The first-order chi connectivity index (χ1) is 19.5. The molecule has 12 heteroatoms. The number of rotatable bonds is 7. The van der Waals surface area contributed by atoms with Crippen LogP contribution in [0.3, 0.4) is 0 Å². The lowest BCUT2D eigenvalue weighted by molar-refractivity contribution is -0.384. The van der Waals surface area contributed by atoms with Crippen molar-refractivity contribution < 1.29 is 9.72 Å². The minimum atomic E-state index is -0.526. The lowest BCUT2D eigenvalue weighted by atomic mass is 9.93. The zero-order valence-electron chi connectivity index (χ0n) is 22.2. The summed E-state index contributed by atoms with van der Waals surface area (Å²) in [4.78, 5) is 42.2. The van der Waals surface area contributed by atoms with Crippen LogP contribution in [0.15, 0.2) is 93.2 Å². The molecule has 1 N–H and O–H groups in total. The number of non-ortho nitro benzene ring substituents is 1. The smallest absolute Gasteiger partial charge is 0.289 e. The standard InChI is InChI=1S/C29H23ClN6O4S/c1-29(2,3)23-16-41-28(31-23)35-27(38)25(24(34-35)17-9-12-20(13-10-17)36(39)40)33-32-22-14-11-19(30)15-21(22)26(37)18-7-5-4-6-8-18/h4-16,34H,1-3H3. The number of benzene rings is 3. The Bertz CT molecular complexity index is 1850. The fourth-order valence-corrected chi connectivity index (χ4v) is 5.13. The van der Waals surface area contributed by atoms with Crippen LogP contribution in [0.4, 0.5) is 17.1 Å². The average Bonchev–Trinajstić information content (AvgIpc) is 3.57. The van der Waals surface area contributed by atoms with Crippen LogP contribution in [0.25, 0.3) is 16.4 Å². The summed E-state index contributed by atoms with van der Waals surface area (Å²) in [7, 11) is 0. The first kappa shape index (κ1) is 27.8. The number of nitrogens with zero attached hydrogens (tertiary/aromatic N) is 5. The Hall–Kier alpha value is -4.74. The largest absolute Gasteiger partial charge is 0.301 e. The molecule has 0 saturated heterocycles. The summed E-state index contributed by atoms with van der Waals surface area (Å²) in [5, 5.41) is 25.4. The highest BCUT2D eigenvalue weighted by molar-refractivity contribution is 7.12. The van der Waals surface area contributed by atoms with E-state index in [2.05, 4.69) is 20.3 Å². The molecule has 206 valence electrons. The summed E-state index contributed by atoms with van der Waals surface area (Å²) in [6, 6.07) is 19.0. The highest BCUT2D eigenvalue weighted by Gasteiger charge is 2.23. The molecule has 5 aromatic rings. The van der Waals surface area contributed by atoms with E-state index in [1.54, 1.807) is 42.5 Å². The number of carbonyl (C=O) groups is 1. The van der Waals surface area contributed by atoms with Gasteiger partial charge in [-0.05, 0) is 30.3 Å². The van der Waals surface area contributed by atoms with Crippen molar-refractivity contribution in [3.63, 3.8) is 0 Å². The average molecular weight is 587 g/mol. The molecular weight excluding hydrogens is 564 g/mol. The third-order valence-corrected chi connectivity index (χ3v) is 7.24. The number of azo groups is 1. The number of ketones is 1. The number of nitrogens with one attached hydrogen (secondary N) is 1. The molecule has 2 aromatic heterocycles. The molecule has 41 heavy (non-hydrogen) atoms. The summed E-state index contributed by atoms with van der Waals surface area (Å²) >= 11 is 7.49. The predicted octanol–water partition coefficient (Wildman–Crippen LogP) is 7.79. The molecule has 5 rings (SSSR count). The Morgan fingerprint density at radius 3 is 2.39 bits per heavy atom. The molecule has 0 saturated carbocycles. The molecule has 0 amide bonds. The van der Waals surface area contributed by atoms with Crippen LogP contribution in [0, 0.1) is 10.1 Å². The van der Waals surface area contributed by atoms with Crippen molar-refractivity contribution in [1.29, 1.82) is 0 Å². The van der Waals surface area contributed by atoms with Gasteiger partial charge in [-0.3, -0.25) is 24.8 Å². The molecule has 0 atom stereocenters. The van der Waals surface area contributed by atoms with Crippen molar-refractivity contribution in [3.05, 3.63) is 120 Å². The van der Waals surface area contributed by atoms with E-state index in [9.17, 15) is 19.7 Å². The van der Waals surface area contributed by atoms with E-state index >= 15 is 0 Å². The maximum absolute atomic E-state index is 13.7. The second-order valence-corrected chi connectivity index (χ2v) is 11.4. The first-order valence-corrected chi connectivity index (χ1v) is 13.7. The number of carbonyl (C=O) groups excluding carboxylic acids is 1. The Labute approximate surface area is 243 Å². The molecule has 0 aliphatic rings. The molecular formula is C29H23ClN6O4S. The SMILES string of the molecule is CC(C)(C)c1csc(-n2[nH]c(-c3ccc([N+](=O)[O-])cc3)c(N=Nc3ccc(Cl)cc3C(=O)c3ccccc3)c2=O)n1.